The number of aromatic nitrogens is 2. The number of piperazine rings is 1. The van der Waals surface area contributed by atoms with E-state index in [9.17, 15) is 4.79 Å². The lowest BCUT2D eigenvalue weighted by Crippen LogP contribution is -2.50. The highest BCUT2D eigenvalue weighted by Crippen LogP contribution is 2.33. The van der Waals surface area contributed by atoms with Gasteiger partial charge in [0, 0.05) is 50.9 Å². The molecule has 2 bridgehead atoms. The molecule has 1 N–H and O–H groups in total. The molecule has 3 saturated heterocycles. The van der Waals surface area contributed by atoms with Crippen LogP contribution in [0.15, 0.2) is 18.3 Å². The zero-order chi connectivity index (χ0) is 15.6. The Morgan fingerprint density at radius 3 is 2.40 bits per heavy atom. The van der Waals surface area contributed by atoms with Crippen molar-refractivity contribution in [1.29, 1.82) is 0 Å². The lowest BCUT2D eigenvalue weighted by molar-refractivity contribution is -0.132. The molecule has 1 aromatic heterocycles. The minimum Gasteiger partial charge on any atom is -0.352 e. The summed E-state index contributed by atoms with van der Waals surface area (Å²) >= 11 is 0. The highest BCUT2D eigenvalue weighted by atomic mass is 35.5. The number of carbonyl (C=O) groups is 1. The van der Waals surface area contributed by atoms with Gasteiger partial charge in [0.2, 0.25) is 5.91 Å². The molecule has 1 amide bonds. The summed E-state index contributed by atoms with van der Waals surface area (Å²) in [5, 5.41) is 11.7. The molecule has 0 spiro atoms. The Labute approximate surface area is 161 Å². The fraction of sp³-hybridized carbons (Fsp3) is 0.706. The van der Waals surface area contributed by atoms with Crippen molar-refractivity contribution in [3.63, 3.8) is 0 Å². The second kappa shape index (κ2) is 9.01. The molecule has 3 aliphatic rings. The Kier molecular flexibility index (Phi) is 7.28. The van der Waals surface area contributed by atoms with Crippen molar-refractivity contribution in [3.05, 3.63) is 18.3 Å². The third-order valence-corrected chi connectivity index (χ3v) is 5.55. The number of carbonyl (C=O) groups excluding carboxylic acids is 1. The first-order valence-electron chi connectivity index (χ1n) is 8.84. The quantitative estimate of drug-likeness (QED) is 0.857. The van der Waals surface area contributed by atoms with Gasteiger partial charge in [-0.1, -0.05) is 0 Å². The van der Waals surface area contributed by atoms with Crippen LogP contribution >= 0.6 is 24.8 Å². The van der Waals surface area contributed by atoms with Crippen molar-refractivity contribution in [3.8, 4) is 0 Å². The second-order valence-corrected chi connectivity index (χ2v) is 7.13. The Bertz CT molecular complexity index is 541. The Morgan fingerprint density at radius 2 is 1.80 bits per heavy atom. The van der Waals surface area contributed by atoms with E-state index in [1.54, 1.807) is 6.20 Å². The van der Waals surface area contributed by atoms with Crippen LogP contribution in [0.25, 0.3) is 0 Å². The first kappa shape index (κ1) is 20.2. The molecule has 4 rings (SSSR count). The first-order chi connectivity index (χ1) is 11.3. The van der Waals surface area contributed by atoms with Crippen LogP contribution in [0.3, 0.4) is 0 Å². The predicted octanol–water partition coefficient (Wildman–Crippen LogP) is 1.89. The van der Waals surface area contributed by atoms with Gasteiger partial charge in [0.25, 0.3) is 0 Å². The van der Waals surface area contributed by atoms with E-state index in [-0.39, 0.29) is 24.8 Å². The number of nitrogens with one attached hydrogen (secondary N) is 1. The van der Waals surface area contributed by atoms with Crippen LogP contribution in [-0.2, 0) is 4.79 Å². The van der Waals surface area contributed by atoms with Gasteiger partial charge in [-0.2, -0.15) is 5.10 Å². The van der Waals surface area contributed by atoms with Gasteiger partial charge in [-0.15, -0.1) is 29.9 Å². The Morgan fingerprint density at radius 1 is 1.12 bits per heavy atom. The minimum atomic E-state index is 0. The molecule has 0 saturated carbocycles. The van der Waals surface area contributed by atoms with Gasteiger partial charge in [0.05, 0.1) is 0 Å². The summed E-state index contributed by atoms with van der Waals surface area (Å²) in [6.45, 7) is 3.30. The van der Waals surface area contributed by atoms with E-state index in [2.05, 4.69) is 20.4 Å². The van der Waals surface area contributed by atoms with Gasteiger partial charge in [-0.25, -0.2) is 0 Å². The number of fused-ring (bicyclic) bond motifs is 2. The number of halogens is 2. The maximum absolute atomic E-state index is 12.6. The number of hydrogen-bond donors (Lipinski definition) is 1. The Balaban J connectivity index is 0.00000113. The zero-order valence-corrected chi connectivity index (χ0v) is 16.0. The topological polar surface area (TPSA) is 61.4 Å². The van der Waals surface area contributed by atoms with Crippen molar-refractivity contribution in [1.82, 2.24) is 20.4 Å². The molecule has 6 nitrogen and oxygen atoms in total. The highest BCUT2D eigenvalue weighted by molar-refractivity contribution is 5.85. The molecule has 0 radical (unpaired) electrons. The summed E-state index contributed by atoms with van der Waals surface area (Å²) in [7, 11) is 0. The maximum atomic E-state index is 12.6. The van der Waals surface area contributed by atoms with Gasteiger partial charge in [-0.05, 0) is 43.7 Å². The van der Waals surface area contributed by atoms with Gasteiger partial charge in [0.15, 0.2) is 5.82 Å². The number of nitrogens with zero attached hydrogens (tertiary/aromatic N) is 4. The maximum Gasteiger partial charge on any atom is 0.222 e. The van der Waals surface area contributed by atoms with Crippen LogP contribution in [0.4, 0.5) is 5.82 Å². The Hall–Kier alpha value is -1.11. The van der Waals surface area contributed by atoms with Crippen LogP contribution in [0.1, 0.15) is 32.1 Å². The number of rotatable bonds is 3. The average molecular weight is 388 g/mol. The first-order valence-corrected chi connectivity index (χ1v) is 8.84. The molecule has 0 aliphatic carbocycles. The molecule has 3 fully saturated rings. The summed E-state index contributed by atoms with van der Waals surface area (Å²) in [6.07, 6.45) is 7.39. The lowest BCUT2D eigenvalue weighted by atomic mass is 9.89. The second-order valence-electron chi connectivity index (χ2n) is 7.13. The third-order valence-electron chi connectivity index (χ3n) is 5.55. The van der Waals surface area contributed by atoms with Crippen molar-refractivity contribution in [2.75, 3.05) is 31.1 Å². The van der Waals surface area contributed by atoms with E-state index < -0.39 is 0 Å². The zero-order valence-electron chi connectivity index (χ0n) is 14.3. The normalized spacial score (nSPS) is 28.1. The van der Waals surface area contributed by atoms with Crippen LogP contribution in [0.5, 0.6) is 0 Å². The highest BCUT2D eigenvalue weighted by Gasteiger charge is 2.35. The van der Waals surface area contributed by atoms with E-state index in [1.807, 2.05) is 17.0 Å². The summed E-state index contributed by atoms with van der Waals surface area (Å²) < 4.78 is 0. The molecule has 3 aliphatic heterocycles. The summed E-state index contributed by atoms with van der Waals surface area (Å²) in [5.74, 6) is 1.84. The minimum absolute atomic E-state index is 0. The summed E-state index contributed by atoms with van der Waals surface area (Å²) in [4.78, 5) is 16.9. The molecule has 1 aromatic rings. The van der Waals surface area contributed by atoms with E-state index in [0.717, 1.165) is 38.4 Å². The fourth-order valence-electron chi connectivity index (χ4n) is 4.36. The molecule has 8 heteroatoms. The molecular formula is C17H27Cl2N5O. The summed E-state index contributed by atoms with van der Waals surface area (Å²) in [6, 6.07) is 5.22. The van der Waals surface area contributed by atoms with Crippen molar-refractivity contribution < 1.29 is 4.79 Å². The molecule has 25 heavy (non-hydrogen) atoms. The molecular weight excluding hydrogens is 361 g/mol. The van der Waals surface area contributed by atoms with Crippen molar-refractivity contribution in [2.24, 2.45) is 5.92 Å². The third kappa shape index (κ3) is 4.74. The average Bonchev–Trinajstić information content (AvgIpc) is 2.94. The van der Waals surface area contributed by atoms with Gasteiger partial charge in [-0.3, -0.25) is 4.79 Å². The molecule has 2 unspecified atom stereocenters. The lowest BCUT2D eigenvalue weighted by Gasteiger charge is -2.36. The van der Waals surface area contributed by atoms with Gasteiger partial charge in [0.1, 0.15) is 0 Å². The monoisotopic (exact) mass is 387 g/mol. The van der Waals surface area contributed by atoms with E-state index in [4.69, 9.17) is 0 Å². The predicted molar refractivity (Wildman–Crippen MR) is 103 cm³/mol. The molecule has 2 atom stereocenters. The number of anilines is 1. The van der Waals surface area contributed by atoms with Crippen LogP contribution in [0.2, 0.25) is 0 Å². The number of piperidine rings is 1. The van der Waals surface area contributed by atoms with Crippen LogP contribution < -0.4 is 10.2 Å². The number of amides is 1. The fourth-order valence-corrected chi connectivity index (χ4v) is 4.36. The molecule has 140 valence electrons. The SMILES string of the molecule is Cl.Cl.O=C(CC1CC2CCC(C1)N2)N1CCN(c2cccnn2)CC1. The van der Waals surface area contributed by atoms with Crippen LogP contribution in [0, 0.1) is 5.92 Å². The number of hydrogen-bond acceptors (Lipinski definition) is 5. The van der Waals surface area contributed by atoms with Crippen molar-refractivity contribution >= 4 is 36.5 Å². The standard InChI is InChI=1S/C17H25N5O.2ClH/c23-17(12-13-10-14-3-4-15(11-13)19-14)22-8-6-21(7-9-22)16-2-1-5-18-20-16;;/h1-2,5,13-15,19H,3-4,6-12H2;2*1H. The van der Waals surface area contributed by atoms with Crippen LogP contribution in [-0.4, -0.2) is 59.3 Å². The molecule has 4 heterocycles. The summed E-state index contributed by atoms with van der Waals surface area (Å²) in [5.41, 5.74) is 0. The largest absolute Gasteiger partial charge is 0.352 e. The van der Waals surface area contributed by atoms with E-state index >= 15 is 0 Å². The molecule has 0 aromatic carbocycles. The van der Waals surface area contributed by atoms with Gasteiger partial charge < -0.3 is 15.1 Å². The smallest absolute Gasteiger partial charge is 0.222 e. The van der Waals surface area contributed by atoms with Gasteiger partial charge >= 0.3 is 0 Å². The van der Waals surface area contributed by atoms with E-state index in [1.165, 1.54) is 25.7 Å². The van der Waals surface area contributed by atoms with E-state index in [0.29, 0.717) is 23.9 Å². The van der Waals surface area contributed by atoms with Crippen molar-refractivity contribution in [2.45, 2.75) is 44.2 Å².